The van der Waals surface area contributed by atoms with Crippen LogP contribution >= 0.6 is 11.6 Å². The van der Waals surface area contributed by atoms with Crippen LogP contribution in [0.3, 0.4) is 0 Å². The highest BCUT2D eigenvalue weighted by Crippen LogP contribution is 2.50. The summed E-state index contributed by atoms with van der Waals surface area (Å²) in [6, 6.07) is 13.5. The van der Waals surface area contributed by atoms with Crippen molar-refractivity contribution in [1.82, 2.24) is 4.90 Å². The van der Waals surface area contributed by atoms with Gasteiger partial charge in [0.1, 0.15) is 11.5 Å². The van der Waals surface area contributed by atoms with E-state index in [4.69, 9.17) is 16.3 Å². The molecule has 2 aromatic carbocycles. The lowest BCUT2D eigenvalue weighted by Gasteiger charge is -2.15. The van der Waals surface area contributed by atoms with Crippen LogP contribution in [0.4, 0.5) is 0 Å². The first-order chi connectivity index (χ1) is 10.1. The molecule has 2 heterocycles. The normalized spacial score (nSPS) is 23.0. The van der Waals surface area contributed by atoms with Gasteiger partial charge in [-0.05, 0) is 24.3 Å². The maximum Gasteiger partial charge on any atom is 0.230 e. The Morgan fingerprint density at radius 3 is 2.76 bits per heavy atom. The molecule has 4 heteroatoms. The summed E-state index contributed by atoms with van der Waals surface area (Å²) in [5.74, 6) is 1.58. The van der Waals surface area contributed by atoms with Gasteiger partial charge < -0.3 is 9.64 Å². The topological polar surface area (TPSA) is 29.5 Å². The molecule has 0 aliphatic carbocycles. The molecule has 1 fully saturated rings. The monoisotopic (exact) mass is 299 g/mol. The Bertz CT molecular complexity index is 743. The van der Waals surface area contributed by atoms with Gasteiger partial charge in [0.15, 0.2) is 0 Å². The van der Waals surface area contributed by atoms with Gasteiger partial charge in [0.05, 0.1) is 5.92 Å². The molecule has 2 atom stereocenters. The van der Waals surface area contributed by atoms with Gasteiger partial charge in [-0.15, -0.1) is 0 Å². The van der Waals surface area contributed by atoms with Crippen molar-refractivity contribution in [3.63, 3.8) is 0 Å². The number of benzene rings is 2. The predicted molar refractivity (Wildman–Crippen MR) is 81.1 cm³/mol. The Kier molecular flexibility index (Phi) is 2.73. The van der Waals surface area contributed by atoms with Crippen LogP contribution in [0.25, 0.3) is 0 Å². The molecule has 1 unspecified atom stereocenters. The molecule has 106 valence electrons. The fraction of sp³-hybridized carbons (Fsp3) is 0.235. The molecule has 21 heavy (non-hydrogen) atoms. The highest BCUT2D eigenvalue weighted by atomic mass is 35.5. The van der Waals surface area contributed by atoms with Gasteiger partial charge in [-0.25, -0.2) is 0 Å². The smallest absolute Gasteiger partial charge is 0.230 e. The van der Waals surface area contributed by atoms with E-state index in [1.807, 2.05) is 43.4 Å². The van der Waals surface area contributed by atoms with Crippen molar-refractivity contribution < 1.29 is 9.53 Å². The van der Waals surface area contributed by atoms with Crippen LogP contribution in [0.1, 0.15) is 23.0 Å². The van der Waals surface area contributed by atoms with Crippen molar-refractivity contribution >= 4 is 17.5 Å². The minimum Gasteiger partial charge on any atom is -0.457 e. The van der Waals surface area contributed by atoms with Gasteiger partial charge in [-0.1, -0.05) is 29.8 Å². The lowest BCUT2D eigenvalue weighted by atomic mass is 9.84. The Labute approximate surface area is 128 Å². The number of halogens is 1. The van der Waals surface area contributed by atoms with Crippen molar-refractivity contribution in [2.45, 2.75) is 11.8 Å². The van der Waals surface area contributed by atoms with Crippen LogP contribution in [-0.2, 0) is 4.79 Å². The summed E-state index contributed by atoms with van der Waals surface area (Å²) in [6.07, 6.45) is 0. The zero-order valence-corrected chi connectivity index (χ0v) is 12.3. The first-order valence-electron chi connectivity index (χ1n) is 6.96. The van der Waals surface area contributed by atoms with E-state index < -0.39 is 0 Å². The van der Waals surface area contributed by atoms with Gasteiger partial charge >= 0.3 is 0 Å². The molecule has 2 aromatic rings. The van der Waals surface area contributed by atoms with Crippen molar-refractivity contribution in [2.24, 2.45) is 0 Å². The third-order valence-electron chi connectivity index (χ3n) is 4.36. The van der Waals surface area contributed by atoms with Crippen LogP contribution in [0, 0.1) is 0 Å². The van der Waals surface area contributed by atoms with E-state index in [2.05, 4.69) is 0 Å². The summed E-state index contributed by atoms with van der Waals surface area (Å²) >= 11 is 6.14. The highest BCUT2D eigenvalue weighted by Gasteiger charge is 2.44. The predicted octanol–water partition coefficient (Wildman–Crippen LogP) is 3.79. The number of hydrogen-bond acceptors (Lipinski definition) is 2. The van der Waals surface area contributed by atoms with Crippen LogP contribution in [0.2, 0.25) is 5.02 Å². The molecule has 0 spiro atoms. The zero-order chi connectivity index (χ0) is 14.6. The fourth-order valence-electron chi connectivity index (χ4n) is 3.38. The molecule has 0 bridgehead atoms. The van der Waals surface area contributed by atoms with Crippen LogP contribution in [-0.4, -0.2) is 24.4 Å². The molecule has 1 amide bonds. The van der Waals surface area contributed by atoms with Crippen LogP contribution in [0.5, 0.6) is 11.5 Å². The molecule has 2 aliphatic heterocycles. The lowest BCUT2D eigenvalue weighted by molar-refractivity contribution is -0.127. The quantitative estimate of drug-likeness (QED) is 0.741. The number of ether oxygens (including phenoxy) is 1. The minimum atomic E-state index is -0.215. The van der Waals surface area contributed by atoms with Crippen molar-refractivity contribution in [3.8, 4) is 11.5 Å². The van der Waals surface area contributed by atoms with E-state index in [9.17, 15) is 4.79 Å². The minimum absolute atomic E-state index is 0.110. The molecule has 0 saturated carbocycles. The van der Waals surface area contributed by atoms with Crippen molar-refractivity contribution in [3.05, 3.63) is 58.6 Å². The van der Waals surface area contributed by atoms with E-state index in [1.54, 1.807) is 11.0 Å². The van der Waals surface area contributed by atoms with Crippen LogP contribution < -0.4 is 4.74 Å². The molecule has 0 N–H and O–H groups in total. The van der Waals surface area contributed by atoms with Gasteiger partial charge in [0, 0.05) is 35.7 Å². The van der Waals surface area contributed by atoms with Gasteiger partial charge in [0.25, 0.3) is 0 Å². The summed E-state index contributed by atoms with van der Waals surface area (Å²) in [5.41, 5.74) is 1.98. The molecule has 0 radical (unpaired) electrons. The van der Waals surface area contributed by atoms with Crippen molar-refractivity contribution in [2.75, 3.05) is 13.6 Å². The molecule has 4 rings (SSSR count). The van der Waals surface area contributed by atoms with E-state index >= 15 is 0 Å². The fourth-order valence-corrected chi connectivity index (χ4v) is 3.56. The van der Waals surface area contributed by atoms with Crippen molar-refractivity contribution in [1.29, 1.82) is 0 Å². The number of carbonyl (C=O) groups is 1. The molecule has 3 nitrogen and oxygen atoms in total. The third kappa shape index (κ3) is 1.84. The lowest BCUT2D eigenvalue weighted by Crippen LogP contribution is -2.21. The van der Waals surface area contributed by atoms with E-state index in [-0.39, 0.29) is 17.7 Å². The average Bonchev–Trinajstić information content (AvgIpc) is 2.70. The number of carbonyl (C=O) groups excluding carboxylic acids is 1. The van der Waals surface area contributed by atoms with E-state index in [0.717, 1.165) is 22.6 Å². The SMILES string of the molecule is CN1C[C@H]2c3ccccc3Oc3ccc(Cl)cc3C2C1=O. The molecule has 1 saturated heterocycles. The first-order valence-corrected chi connectivity index (χ1v) is 7.34. The Morgan fingerprint density at radius 1 is 1.14 bits per heavy atom. The maximum absolute atomic E-state index is 12.6. The highest BCUT2D eigenvalue weighted by molar-refractivity contribution is 6.30. The van der Waals surface area contributed by atoms with Crippen LogP contribution in [0.15, 0.2) is 42.5 Å². The number of amides is 1. The summed E-state index contributed by atoms with van der Waals surface area (Å²) in [5, 5.41) is 0.629. The average molecular weight is 300 g/mol. The molecular weight excluding hydrogens is 286 g/mol. The van der Waals surface area contributed by atoms with Gasteiger partial charge in [0.2, 0.25) is 5.91 Å². The first kappa shape index (κ1) is 12.7. The molecular formula is C17H14ClNO2. The van der Waals surface area contributed by atoms with Gasteiger partial charge in [-0.3, -0.25) is 4.79 Å². The Balaban J connectivity index is 1.98. The number of para-hydroxylation sites is 1. The Hall–Kier alpha value is -2.00. The molecule has 0 aromatic heterocycles. The number of likely N-dealkylation sites (N-methyl/N-ethyl adjacent to an activating group) is 1. The number of nitrogens with zero attached hydrogens (tertiary/aromatic N) is 1. The number of likely N-dealkylation sites (tertiary alicyclic amines) is 1. The zero-order valence-electron chi connectivity index (χ0n) is 11.5. The summed E-state index contributed by atoms with van der Waals surface area (Å²) < 4.78 is 6.05. The molecule has 2 aliphatic rings. The summed E-state index contributed by atoms with van der Waals surface area (Å²) in [6.45, 7) is 0.704. The number of hydrogen-bond donors (Lipinski definition) is 0. The summed E-state index contributed by atoms with van der Waals surface area (Å²) in [4.78, 5) is 14.4. The van der Waals surface area contributed by atoms with E-state index in [1.165, 1.54) is 0 Å². The number of rotatable bonds is 0. The second kappa shape index (κ2) is 4.50. The third-order valence-corrected chi connectivity index (χ3v) is 4.60. The maximum atomic E-state index is 12.6. The second-order valence-corrected chi connectivity index (χ2v) is 6.06. The summed E-state index contributed by atoms with van der Waals surface area (Å²) in [7, 11) is 1.85. The standard InChI is InChI=1S/C17H14ClNO2/c1-19-9-13-11-4-2-3-5-14(11)21-15-7-6-10(18)8-12(15)16(13)17(19)20/h2-8,13,16H,9H2,1H3/t13-,16?/m0/s1. The van der Waals surface area contributed by atoms with E-state index in [0.29, 0.717) is 11.6 Å². The Morgan fingerprint density at radius 2 is 1.90 bits per heavy atom. The largest absolute Gasteiger partial charge is 0.457 e. The second-order valence-electron chi connectivity index (χ2n) is 5.62. The number of fused-ring (bicyclic) bond motifs is 5. The van der Waals surface area contributed by atoms with Gasteiger partial charge in [-0.2, -0.15) is 0 Å².